The third-order valence-electron chi connectivity index (χ3n) is 4.47. The normalized spacial score (nSPS) is 14.4. The number of benzene rings is 3. The molecule has 4 rings (SSSR count). The molecule has 7 heteroatoms. The first kappa shape index (κ1) is 21.8. The summed E-state index contributed by atoms with van der Waals surface area (Å²) in [4.78, 5) is 16.6. The number of cyclic esters (lactones) is 1. The van der Waals surface area contributed by atoms with Crippen molar-refractivity contribution < 1.29 is 19.0 Å². The topological polar surface area (TPSA) is 57.1 Å². The Bertz CT molecular complexity index is 1190. The molecule has 3 aromatic carbocycles. The number of ether oxygens (including phenoxy) is 3. The van der Waals surface area contributed by atoms with Gasteiger partial charge in [-0.25, -0.2) is 9.79 Å². The quantitative estimate of drug-likeness (QED) is 0.194. The number of nitrogens with zero attached hydrogens (tertiary/aromatic N) is 1. The highest BCUT2D eigenvalue weighted by atomic mass is 127. The number of hydrogen-bond donors (Lipinski definition) is 0. The van der Waals surface area contributed by atoms with Crippen LogP contribution in [-0.2, 0) is 16.1 Å². The molecule has 0 aliphatic carbocycles. The van der Waals surface area contributed by atoms with E-state index in [2.05, 4.69) is 56.2 Å². The number of hydrogen-bond acceptors (Lipinski definition) is 5. The molecular formula is C24H17I2NO4. The lowest BCUT2D eigenvalue weighted by molar-refractivity contribution is -0.129. The Morgan fingerprint density at radius 3 is 2.58 bits per heavy atom. The van der Waals surface area contributed by atoms with Crippen LogP contribution in [0.1, 0.15) is 16.7 Å². The summed E-state index contributed by atoms with van der Waals surface area (Å²) in [6, 6.07) is 21.2. The molecule has 0 unspecified atom stereocenters. The predicted octanol–water partition coefficient (Wildman–Crippen LogP) is 5.83. The number of carbonyl (C=O) groups excluding carboxylic acids is 1. The second kappa shape index (κ2) is 9.82. The van der Waals surface area contributed by atoms with Crippen LogP contribution in [0.5, 0.6) is 11.5 Å². The van der Waals surface area contributed by atoms with Gasteiger partial charge in [0.15, 0.2) is 17.2 Å². The van der Waals surface area contributed by atoms with E-state index in [-0.39, 0.29) is 5.70 Å². The Hall–Kier alpha value is -2.40. The van der Waals surface area contributed by atoms with E-state index in [1.807, 2.05) is 60.7 Å². The Balaban J connectivity index is 1.59. The minimum Gasteiger partial charge on any atom is -0.493 e. The molecule has 0 atom stereocenters. The molecule has 0 radical (unpaired) electrons. The second-order valence-electron chi connectivity index (χ2n) is 6.65. The van der Waals surface area contributed by atoms with E-state index in [1.165, 1.54) is 0 Å². The number of esters is 1. The van der Waals surface area contributed by atoms with Gasteiger partial charge in [0.2, 0.25) is 5.90 Å². The van der Waals surface area contributed by atoms with Gasteiger partial charge in [-0.05, 0) is 98.8 Å². The fourth-order valence-electron chi connectivity index (χ4n) is 3.02. The van der Waals surface area contributed by atoms with Crippen LogP contribution in [0, 0.1) is 7.14 Å². The van der Waals surface area contributed by atoms with Crippen LogP contribution < -0.4 is 9.47 Å². The van der Waals surface area contributed by atoms with Gasteiger partial charge in [-0.1, -0.05) is 30.3 Å². The predicted molar refractivity (Wildman–Crippen MR) is 136 cm³/mol. The summed E-state index contributed by atoms with van der Waals surface area (Å²) in [7, 11) is 1.59. The van der Waals surface area contributed by atoms with E-state index in [0.717, 1.165) is 23.8 Å². The van der Waals surface area contributed by atoms with Crippen LogP contribution in [0.15, 0.2) is 77.4 Å². The van der Waals surface area contributed by atoms with E-state index in [9.17, 15) is 4.79 Å². The van der Waals surface area contributed by atoms with Crippen LogP contribution in [0.25, 0.3) is 6.08 Å². The van der Waals surface area contributed by atoms with Crippen molar-refractivity contribution in [2.45, 2.75) is 6.61 Å². The maximum atomic E-state index is 12.3. The molecule has 156 valence electrons. The van der Waals surface area contributed by atoms with Crippen molar-refractivity contribution >= 4 is 63.1 Å². The number of carbonyl (C=O) groups is 1. The van der Waals surface area contributed by atoms with E-state index in [0.29, 0.717) is 24.0 Å². The molecule has 0 amide bonds. The van der Waals surface area contributed by atoms with Gasteiger partial charge < -0.3 is 14.2 Å². The number of rotatable bonds is 6. The second-order valence-corrected chi connectivity index (χ2v) is 9.06. The van der Waals surface area contributed by atoms with Gasteiger partial charge in [-0.15, -0.1) is 0 Å². The molecule has 0 spiro atoms. The smallest absolute Gasteiger partial charge is 0.363 e. The van der Waals surface area contributed by atoms with Gasteiger partial charge in [-0.2, -0.15) is 0 Å². The van der Waals surface area contributed by atoms with Crippen molar-refractivity contribution in [3.63, 3.8) is 0 Å². The van der Waals surface area contributed by atoms with Crippen LogP contribution in [0.3, 0.4) is 0 Å². The summed E-state index contributed by atoms with van der Waals surface area (Å²) in [6.07, 6.45) is 1.69. The van der Waals surface area contributed by atoms with Crippen molar-refractivity contribution in [2.75, 3.05) is 7.11 Å². The van der Waals surface area contributed by atoms with Gasteiger partial charge >= 0.3 is 5.97 Å². The third kappa shape index (κ3) is 5.27. The van der Waals surface area contributed by atoms with Gasteiger partial charge in [0.25, 0.3) is 0 Å². The van der Waals surface area contributed by atoms with Crippen molar-refractivity contribution in [3.05, 3.63) is 96.3 Å². The van der Waals surface area contributed by atoms with Gasteiger partial charge in [-0.3, -0.25) is 0 Å². The zero-order valence-corrected chi connectivity index (χ0v) is 20.8. The summed E-state index contributed by atoms with van der Waals surface area (Å²) in [6.45, 7) is 0.431. The average Bonchev–Trinajstić information content (AvgIpc) is 3.13. The highest BCUT2D eigenvalue weighted by molar-refractivity contribution is 14.1. The first-order valence-electron chi connectivity index (χ1n) is 9.36. The number of halogens is 2. The zero-order valence-electron chi connectivity index (χ0n) is 16.5. The van der Waals surface area contributed by atoms with E-state index in [1.54, 1.807) is 13.2 Å². The SMILES string of the molecule is COc1cc(/C=C2\N=C(c3ccccc3)OC2=O)cc(I)c1OCc1cccc(I)c1. The third-order valence-corrected chi connectivity index (χ3v) is 5.94. The highest BCUT2D eigenvalue weighted by Crippen LogP contribution is 2.35. The Kier molecular flexibility index (Phi) is 6.91. The van der Waals surface area contributed by atoms with E-state index in [4.69, 9.17) is 14.2 Å². The lowest BCUT2D eigenvalue weighted by Gasteiger charge is -2.14. The standard InChI is InChI=1S/C24H17I2NO4/c1-29-21-13-16(11-19(26)22(21)30-14-15-6-5-9-18(25)10-15)12-20-24(28)31-23(27-20)17-7-3-2-4-8-17/h2-13H,14H2,1H3/b20-12-. The monoisotopic (exact) mass is 637 g/mol. The molecule has 0 N–H and O–H groups in total. The van der Waals surface area contributed by atoms with Crippen molar-refractivity contribution in [1.29, 1.82) is 0 Å². The van der Waals surface area contributed by atoms with Gasteiger partial charge in [0, 0.05) is 9.13 Å². The molecule has 0 aromatic heterocycles. The highest BCUT2D eigenvalue weighted by Gasteiger charge is 2.24. The Morgan fingerprint density at radius 2 is 1.84 bits per heavy atom. The Labute approximate surface area is 207 Å². The summed E-state index contributed by atoms with van der Waals surface area (Å²) < 4.78 is 18.9. The number of aliphatic imine (C=N–C) groups is 1. The molecule has 0 bridgehead atoms. The lowest BCUT2D eigenvalue weighted by atomic mass is 10.1. The van der Waals surface area contributed by atoms with Crippen molar-refractivity contribution in [1.82, 2.24) is 0 Å². The van der Waals surface area contributed by atoms with Crippen molar-refractivity contribution in [3.8, 4) is 11.5 Å². The summed E-state index contributed by atoms with van der Waals surface area (Å²) in [5.74, 6) is 1.07. The van der Waals surface area contributed by atoms with Crippen LogP contribution in [0.4, 0.5) is 0 Å². The first-order valence-corrected chi connectivity index (χ1v) is 11.5. The molecule has 1 aliphatic rings. The molecule has 0 saturated carbocycles. The number of methoxy groups -OCH3 is 1. The van der Waals surface area contributed by atoms with Crippen LogP contribution in [0.2, 0.25) is 0 Å². The molecular weight excluding hydrogens is 620 g/mol. The van der Waals surface area contributed by atoms with Gasteiger partial charge in [0.05, 0.1) is 10.7 Å². The zero-order chi connectivity index (χ0) is 21.8. The van der Waals surface area contributed by atoms with Crippen LogP contribution >= 0.6 is 45.2 Å². The van der Waals surface area contributed by atoms with E-state index < -0.39 is 5.97 Å². The van der Waals surface area contributed by atoms with Crippen LogP contribution in [-0.4, -0.2) is 19.0 Å². The average molecular weight is 637 g/mol. The minimum atomic E-state index is -0.480. The molecule has 1 aliphatic heterocycles. The lowest BCUT2D eigenvalue weighted by Crippen LogP contribution is -2.05. The summed E-state index contributed by atoms with van der Waals surface area (Å²) >= 11 is 4.48. The molecule has 31 heavy (non-hydrogen) atoms. The molecule has 3 aromatic rings. The van der Waals surface area contributed by atoms with E-state index >= 15 is 0 Å². The van der Waals surface area contributed by atoms with Gasteiger partial charge in [0.1, 0.15) is 6.61 Å². The fourth-order valence-corrected chi connectivity index (χ4v) is 4.41. The summed E-state index contributed by atoms with van der Waals surface area (Å²) in [5, 5.41) is 0. The van der Waals surface area contributed by atoms with Crippen molar-refractivity contribution in [2.24, 2.45) is 4.99 Å². The minimum absolute atomic E-state index is 0.240. The Morgan fingerprint density at radius 1 is 1.03 bits per heavy atom. The summed E-state index contributed by atoms with van der Waals surface area (Å²) in [5.41, 5.74) is 2.84. The first-order chi connectivity index (χ1) is 15.0. The maximum absolute atomic E-state index is 12.3. The maximum Gasteiger partial charge on any atom is 0.363 e. The molecule has 0 fully saturated rings. The largest absolute Gasteiger partial charge is 0.493 e. The fraction of sp³-hybridized carbons (Fsp3) is 0.0833. The molecule has 5 nitrogen and oxygen atoms in total. The molecule has 1 heterocycles. The molecule has 0 saturated heterocycles.